The average Bonchev–Trinajstić information content (AvgIpc) is 3.05. The summed E-state index contributed by atoms with van der Waals surface area (Å²) in [6, 6.07) is 0. The van der Waals surface area contributed by atoms with E-state index in [1.54, 1.807) is 0 Å². The highest BCUT2D eigenvalue weighted by molar-refractivity contribution is 5.75. The molecule has 0 amide bonds. The zero-order chi connectivity index (χ0) is 28.9. The molecule has 0 bridgehead atoms. The van der Waals surface area contributed by atoms with Gasteiger partial charge in [0.05, 0.1) is 23.7 Å². The van der Waals surface area contributed by atoms with Crippen LogP contribution in [0.15, 0.2) is 48.6 Å². The first-order valence-electron chi connectivity index (χ1n) is 15.2. The van der Waals surface area contributed by atoms with E-state index in [0.29, 0.717) is 51.4 Å². The quantitative estimate of drug-likeness (QED) is 0.171. The largest absolute Gasteiger partial charge is 0.464 e. The van der Waals surface area contributed by atoms with Crippen LogP contribution in [0.1, 0.15) is 77.0 Å². The molecule has 8 heteroatoms. The summed E-state index contributed by atoms with van der Waals surface area (Å²) in [5, 5.41) is 0. The first-order chi connectivity index (χ1) is 20.0. The molecular formula is C33H44O8. The Balaban J connectivity index is 1.49. The Morgan fingerprint density at radius 3 is 0.878 bits per heavy atom. The van der Waals surface area contributed by atoms with Crippen LogP contribution in [0.5, 0.6) is 0 Å². The number of esters is 4. The third-order valence-corrected chi connectivity index (χ3v) is 8.49. The minimum atomic E-state index is -1.22. The van der Waals surface area contributed by atoms with Crippen molar-refractivity contribution in [1.82, 2.24) is 0 Å². The highest BCUT2D eigenvalue weighted by Gasteiger charge is 2.40. The Morgan fingerprint density at radius 1 is 0.439 bits per heavy atom. The van der Waals surface area contributed by atoms with E-state index in [2.05, 4.69) is 0 Å². The number of ether oxygens (including phenoxy) is 4. The molecule has 4 unspecified atom stereocenters. The lowest BCUT2D eigenvalue weighted by atomic mass is 9.90. The molecule has 0 fully saturated rings. The first-order valence-corrected chi connectivity index (χ1v) is 15.2. The smallest absolute Gasteiger partial charge is 0.309 e. The van der Waals surface area contributed by atoms with E-state index in [1.165, 1.54) is 0 Å². The first kappa shape index (κ1) is 30.8. The van der Waals surface area contributed by atoms with Crippen molar-refractivity contribution < 1.29 is 38.1 Å². The number of carbonyl (C=O) groups excluding carboxylic acids is 4. The van der Waals surface area contributed by atoms with E-state index in [1.807, 2.05) is 48.6 Å². The number of carbonyl (C=O) groups is 4. The normalized spacial score (nSPS) is 26.9. The Kier molecular flexibility index (Phi) is 11.8. The van der Waals surface area contributed by atoms with Gasteiger partial charge in [-0.05, 0) is 77.0 Å². The van der Waals surface area contributed by atoms with Gasteiger partial charge in [0, 0.05) is 0 Å². The molecule has 0 aromatic rings. The molecule has 0 radical (unpaired) electrons. The molecule has 4 aliphatic rings. The fourth-order valence-corrected chi connectivity index (χ4v) is 5.65. The third kappa shape index (κ3) is 9.44. The Hall–Kier alpha value is -3.16. The van der Waals surface area contributed by atoms with E-state index in [0.717, 1.165) is 25.7 Å². The highest BCUT2D eigenvalue weighted by atomic mass is 16.6. The van der Waals surface area contributed by atoms with Crippen LogP contribution >= 0.6 is 0 Å². The SMILES string of the molecule is O=C(OCC(COC(=O)C1CC=CCC1)(COC(=O)C1CC=CCC1)COC(=O)C1CC=CCC1)C1CC=CCC1. The van der Waals surface area contributed by atoms with Crippen molar-refractivity contribution in [3.05, 3.63) is 48.6 Å². The van der Waals surface area contributed by atoms with Crippen LogP contribution in [-0.2, 0) is 38.1 Å². The van der Waals surface area contributed by atoms with Gasteiger partial charge in [-0.2, -0.15) is 0 Å². The van der Waals surface area contributed by atoms with E-state index < -0.39 is 5.41 Å². The van der Waals surface area contributed by atoms with E-state index >= 15 is 0 Å². The molecule has 0 N–H and O–H groups in total. The highest BCUT2D eigenvalue weighted by Crippen LogP contribution is 2.29. The molecule has 0 aromatic carbocycles. The van der Waals surface area contributed by atoms with Crippen LogP contribution < -0.4 is 0 Å². The monoisotopic (exact) mass is 568 g/mol. The van der Waals surface area contributed by atoms with Crippen LogP contribution in [0, 0.1) is 29.1 Å². The van der Waals surface area contributed by atoms with Crippen molar-refractivity contribution >= 4 is 23.9 Å². The number of rotatable bonds is 12. The van der Waals surface area contributed by atoms with Gasteiger partial charge >= 0.3 is 23.9 Å². The van der Waals surface area contributed by atoms with Gasteiger partial charge in [0.2, 0.25) is 0 Å². The van der Waals surface area contributed by atoms with Crippen LogP contribution in [0.25, 0.3) is 0 Å². The van der Waals surface area contributed by atoms with Gasteiger partial charge in [-0.15, -0.1) is 0 Å². The van der Waals surface area contributed by atoms with Crippen LogP contribution in [-0.4, -0.2) is 50.3 Å². The van der Waals surface area contributed by atoms with Crippen molar-refractivity contribution in [2.45, 2.75) is 77.0 Å². The van der Waals surface area contributed by atoms with Crippen LogP contribution in [0.2, 0.25) is 0 Å². The maximum absolute atomic E-state index is 13.0. The zero-order valence-electron chi connectivity index (χ0n) is 24.0. The lowest BCUT2D eigenvalue weighted by Crippen LogP contribution is -2.45. The molecule has 0 aliphatic heterocycles. The minimum absolute atomic E-state index is 0.195. The third-order valence-electron chi connectivity index (χ3n) is 8.49. The molecule has 0 spiro atoms. The second-order valence-corrected chi connectivity index (χ2v) is 11.9. The minimum Gasteiger partial charge on any atom is -0.464 e. The molecule has 224 valence electrons. The molecule has 8 nitrogen and oxygen atoms in total. The lowest BCUT2D eigenvalue weighted by molar-refractivity contribution is -0.176. The number of hydrogen-bond donors (Lipinski definition) is 0. The zero-order valence-corrected chi connectivity index (χ0v) is 24.0. The van der Waals surface area contributed by atoms with Gasteiger partial charge in [0.15, 0.2) is 0 Å². The molecule has 0 saturated carbocycles. The van der Waals surface area contributed by atoms with Crippen LogP contribution in [0.4, 0.5) is 0 Å². The Bertz CT molecular complexity index is 872. The van der Waals surface area contributed by atoms with Crippen molar-refractivity contribution in [3.8, 4) is 0 Å². The maximum atomic E-state index is 13.0. The standard InChI is InChI=1S/C33H44O8/c34-29(25-13-5-1-6-14-25)38-21-33(22-39-30(35)26-15-7-2-8-16-26,23-40-31(36)27-17-9-3-10-18-27)24-41-32(37)28-19-11-4-12-20-28/h1-5,7,9,11,25-28H,6,8,10,12-24H2. The summed E-state index contributed by atoms with van der Waals surface area (Å²) >= 11 is 0. The Labute approximate surface area is 243 Å². The van der Waals surface area contributed by atoms with Gasteiger partial charge in [0.25, 0.3) is 0 Å². The predicted octanol–water partition coefficient (Wildman–Crippen LogP) is 5.57. The summed E-state index contributed by atoms with van der Waals surface area (Å²) in [6.45, 7) is -0.779. The molecular weight excluding hydrogens is 524 g/mol. The molecule has 0 heterocycles. The van der Waals surface area contributed by atoms with E-state index in [-0.39, 0.29) is 74.0 Å². The molecule has 4 rings (SSSR count). The number of allylic oxidation sites excluding steroid dienone is 8. The van der Waals surface area contributed by atoms with Gasteiger partial charge in [-0.1, -0.05) is 48.6 Å². The summed E-state index contributed by atoms with van der Waals surface area (Å²) < 4.78 is 23.2. The predicted molar refractivity (Wildman–Crippen MR) is 152 cm³/mol. The van der Waals surface area contributed by atoms with Gasteiger partial charge in [0.1, 0.15) is 31.8 Å². The van der Waals surface area contributed by atoms with Crippen molar-refractivity contribution in [1.29, 1.82) is 0 Å². The molecule has 4 atom stereocenters. The van der Waals surface area contributed by atoms with Gasteiger partial charge in [-0.3, -0.25) is 19.2 Å². The topological polar surface area (TPSA) is 105 Å². The molecule has 0 saturated heterocycles. The molecule has 0 aromatic heterocycles. The maximum Gasteiger partial charge on any atom is 0.309 e. The molecule has 4 aliphatic carbocycles. The summed E-state index contributed by atoms with van der Waals surface area (Å²) in [7, 11) is 0. The Morgan fingerprint density at radius 2 is 0.683 bits per heavy atom. The van der Waals surface area contributed by atoms with E-state index in [4.69, 9.17) is 18.9 Å². The fourth-order valence-electron chi connectivity index (χ4n) is 5.65. The summed E-state index contributed by atoms with van der Waals surface area (Å²) in [5.41, 5.74) is -1.22. The van der Waals surface area contributed by atoms with Crippen molar-refractivity contribution in [2.75, 3.05) is 26.4 Å². The van der Waals surface area contributed by atoms with Gasteiger partial charge < -0.3 is 18.9 Å². The summed E-state index contributed by atoms with van der Waals surface area (Å²) in [5.74, 6) is -2.45. The second kappa shape index (κ2) is 15.7. The van der Waals surface area contributed by atoms with Crippen molar-refractivity contribution in [3.63, 3.8) is 0 Å². The van der Waals surface area contributed by atoms with Crippen molar-refractivity contribution in [2.24, 2.45) is 29.1 Å². The fraction of sp³-hybridized carbons (Fsp3) is 0.636. The summed E-state index contributed by atoms with van der Waals surface area (Å²) in [6.07, 6.45) is 24.5. The van der Waals surface area contributed by atoms with Crippen LogP contribution in [0.3, 0.4) is 0 Å². The lowest BCUT2D eigenvalue weighted by Gasteiger charge is -2.34. The number of hydrogen-bond acceptors (Lipinski definition) is 8. The average molecular weight is 569 g/mol. The van der Waals surface area contributed by atoms with E-state index in [9.17, 15) is 19.2 Å². The molecule has 41 heavy (non-hydrogen) atoms. The van der Waals surface area contributed by atoms with Gasteiger partial charge in [-0.25, -0.2) is 0 Å². The summed E-state index contributed by atoms with van der Waals surface area (Å²) in [4.78, 5) is 52.0. The second-order valence-electron chi connectivity index (χ2n) is 11.9.